The second-order valence-corrected chi connectivity index (χ2v) is 6.91. The van der Waals surface area contributed by atoms with Gasteiger partial charge in [0.2, 0.25) is 0 Å². The van der Waals surface area contributed by atoms with Gasteiger partial charge >= 0.3 is 0 Å². The molecule has 6 nitrogen and oxygen atoms in total. The van der Waals surface area contributed by atoms with Crippen LogP contribution in [-0.4, -0.2) is 22.8 Å². The summed E-state index contributed by atoms with van der Waals surface area (Å²) in [5, 5.41) is 7.49. The van der Waals surface area contributed by atoms with Crippen molar-refractivity contribution < 1.29 is 9.53 Å². The topological polar surface area (TPSA) is 82.2 Å². The number of amides is 1. The van der Waals surface area contributed by atoms with Crippen LogP contribution in [0.4, 0.5) is 11.4 Å². The van der Waals surface area contributed by atoms with Gasteiger partial charge in [-0.25, -0.2) is 4.68 Å². The first-order valence-electron chi connectivity index (χ1n) is 9.52. The quantitative estimate of drug-likeness (QED) is 0.478. The molecule has 0 bridgehead atoms. The van der Waals surface area contributed by atoms with Gasteiger partial charge in [0.25, 0.3) is 5.91 Å². The molecule has 0 atom stereocenters. The number of nitrogens with two attached hydrogens (primary N) is 1. The number of nitrogens with zero attached hydrogens (tertiary/aromatic N) is 2. The number of nitrogens with one attached hydrogen (secondary N) is 1. The summed E-state index contributed by atoms with van der Waals surface area (Å²) in [6, 6.07) is 24.4. The van der Waals surface area contributed by atoms with Crippen LogP contribution in [0.25, 0.3) is 16.9 Å². The number of methoxy groups -OCH3 is 1. The lowest BCUT2D eigenvalue weighted by atomic mass is 10.1. The summed E-state index contributed by atoms with van der Waals surface area (Å²) >= 11 is 0. The molecule has 0 saturated heterocycles. The lowest BCUT2D eigenvalue weighted by Crippen LogP contribution is -2.12. The van der Waals surface area contributed by atoms with Crippen molar-refractivity contribution in [1.82, 2.24) is 9.78 Å². The van der Waals surface area contributed by atoms with E-state index in [1.165, 1.54) is 0 Å². The lowest BCUT2D eigenvalue weighted by molar-refractivity contribution is 0.102. The van der Waals surface area contributed by atoms with Crippen LogP contribution in [0.1, 0.15) is 16.1 Å². The predicted octanol–water partition coefficient (Wildman–Crippen LogP) is 4.69. The average Bonchev–Trinajstić information content (AvgIpc) is 3.16. The van der Waals surface area contributed by atoms with Gasteiger partial charge in [0, 0.05) is 16.8 Å². The Bertz CT molecular complexity index is 1180. The Kier molecular flexibility index (Phi) is 5.22. The molecule has 0 unspecified atom stereocenters. The maximum Gasteiger partial charge on any atom is 0.255 e. The van der Waals surface area contributed by atoms with Crippen LogP contribution >= 0.6 is 0 Å². The minimum Gasteiger partial charge on any atom is -0.497 e. The van der Waals surface area contributed by atoms with Crippen LogP contribution in [0.15, 0.2) is 78.9 Å². The largest absolute Gasteiger partial charge is 0.497 e. The Balaban J connectivity index is 1.61. The van der Waals surface area contributed by atoms with Gasteiger partial charge in [0.05, 0.1) is 29.9 Å². The fourth-order valence-corrected chi connectivity index (χ4v) is 3.27. The zero-order chi connectivity index (χ0) is 21.1. The number of rotatable bonds is 5. The summed E-state index contributed by atoms with van der Waals surface area (Å²) < 4.78 is 6.95. The number of nitrogen functional groups attached to an aromatic ring is 1. The molecule has 1 amide bonds. The normalized spacial score (nSPS) is 10.6. The van der Waals surface area contributed by atoms with E-state index in [-0.39, 0.29) is 5.91 Å². The number of benzene rings is 3. The fourth-order valence-electron chi connectivity index (χ4n) is 3.27. The van der Waals surface area contributed by atoms with Crippen molar-refractivity contribution >= 4 is 17.3 Å². The minimum atomic E-state index is -0.218. The van der Waals surface area contributed by atoms with E-state index in [1.54, 1.807) is 37.4 Å². The van der Waals surface area contributed by atoms with Gasteiger partial charge < -0.3 is 15.8 Å². The molecule has 0 aliphatic rings. The van der Waals surface area contributed by atoms with Gasteiger partial charge in [-0.05, 0) is 55.5 Å². The number of carbonyl (C=O) groups excluding carboxylic acids is 1. The lowest BCUT2D eigenvalue weighted by Gasteiger charge is -2.13. The van der Waals surface area contributed by atoms with E-state index < -0.39 is 0 Å². The molecule has 0 aliphatic carbocycles. The second kappa shape index (κ2) is 8.13. The maximum absolute atomic E-state index is 12.5. The zero-order valence-corrected chi connectivity index (χ0v) is 16.8. The van der Waals surface area contributed by atoms with E-state index in [0.29, 0.717) is 22.7 Å². The standard InChI is InChI=1S/C24H22N4O2/c1-16-14-23(17-6-4-3-5-7-17)28(27-16)22-13-10-19(15-21(22)25)26-24(29)18-8-11-20(30-2)12-9-18/h3-15H,25H2,1-2H3,(H,26,29). The molecule has 0 saturated carbocycles. The summed E-state index contributed by atoms with van der Waals surface area (Å²) in [7, 11) is 1.59. The number of ether oxygens (including phenoxy) is 1. The molecule has 4 aromatic rings. The minimum absolute atomic E-state index is 0.218. The fraction of sp³-hybridized carbons (Fsp3) is 0.0833. The number of carbonyl (C=O) groups is 1. The first-order valence-corrected chi connectivity index (χ1v) is 9.52. The highest BCUT2D eigenvalue weighted by atomic mass is 16.5. The average molecular weight is 398 g/mol. The van der Waals surface area contributed by atoms with Gasteiger partial charge in [0.1, 0.15) is 5.75 Å². The van der Waals surface area contributed by atoms with Crippen molar-refractivity contribution in [3.8, 4) is 22.7 Å². The molecular formula is C24H22N4O2. The first-order chi connectivity index (χ1) is 14.5. The van der Waals surface area contributed by atoms with Crippen LogP contribution < -0.4 is 15.8 Å². The SMILES string of the molecule is COc1ccc(C(=O)Nc2ccc(-n3nc(C)cc3-c3ccccc3)c(N)c2)cc1. The van der Waals surface area contributed by atoms with E-state index in [1.807, 2.05) is 60.1 Å². The highest BCUT2D eigenvalue weighted by molar-refractivity contribution is 6.04. The molecule has 150 valence electrons. The van der Waals surface area contributed by atoms with Gasteiger partial charge in [-0.3, -0.25) is 4.79 Å². The van der Waals surface area contributed by atoms with Crippen LogP contribution in [-0.2, 0) is 0 Å². The van der Waals surface area contributed by atoms with E-state index in [9.17, 15) is 4.79 Å². The summed E-state index contributed by atoms with van der Waals surface area (Å²) in [5.41, 5.74) is 11.6. The first kappa shape index (κ1) is 19.3. The molecule has 0 spiro atoms. The molecule has 0 aliphatic heterocycles. The van der Waals surface area contributed by atoms with Crippen molar-refractivity contribution in [1.29, 1.82) is 0 Å². The summed E-state index contributed by atoms with van der Waals surface area (Å²) in [5.74, 6) is 0.480. The Labute approximate surface area is 174 Å². The number of hydrogen-bond donors (Lipinski definition) is 2. The number of aromatic nitrogens is 2. The molecule has 30 heavy (non-hydrogen) atoms. The van der Waals surface area contributed by atoms with Crippen molar-refractivity contribution in [2.75, 3.05) is 18.2 Å². The molecule has 1 heterocycles. The maximum atomic E-state index is 12.5. The zero-order valence-electron chi connectivity index (χ0n) is 16.8. The third-order valence-corrected chi connectivity index (χ3v) is 4.77. The number of aryl methyl sites for hydroxylation is 1. The summed E-state index contributed by atoms with van der Waals surface area (Å²) in [6.07, 6.45) is 0. The van der Waals surface area contributed by atoms with Gasteiger partial charge in [-0.1, -0.05) is 30.3 Å². The van der Waals surface area contributed by atoms with Gasteiger partial charge in [0.15, 0.2) is 0 Å². The number of anilines is 2. The van der Waals surface area contributed by atoms with Crippen LogP contribution in [0.3, 0.4) is 0 Å². The molecule has 3 N–H and O–H groups in total. The monoisotopic (exact) mass is 398 g/mol. The Morgan fingerprint density at radius 3 is 2.40 bits per heavy atom. The van der Waals surface area contributed by atoms with E-state index in [4.69, 9.17) is 10.5 Å². The third kappa shape index (κ3) is 3.89. The molecule has 0 radical (unpaired) electrons. The van der Waals surface area contributed by atoms with Crippen molar-refractivity contribution in [2.24, 2.45) is 0 Å². The van der Waals surface area contributed by atoms with Crippen LogP contribution in [0, 0.1) is 6.92 Å². The second-order valence-electron chi connectivity index (χ2n) is 6.91. The highest BCUT2D eigenvalue weighted by Crippen LogP contribution is 2.28. The molecule has 0 fully saturated rings. The van der Waals surface area contributed by atoms with E-state index in [2.05, 4.69) is 10.4 Å². The molecule has 1 aromatic heterocycles. The van der Waals surface area contributed by atoms with E-state index in [0.717, 1.165) is 22.6 Å². The summed E-state index contributed by atoms with van der Waals surface area (Å²) in [6.45, 7) is 1.95. The molecule has 3 aromatic carbocycles. The van der Waals surface area contributed by atoms with Crippen LogP contribution in [0.5, 0.6) is 5.75 Å². The Hall–Kier alpha value is -4.06. The van der Waals surface area contributed by atoms with Crippen molar-refractivity contribution in [2.45, 2.75) is 6.92 Å². The van der Waals surface area contributed by atoms with E-state index >= 15 is 0 Å². The van der Waals surface area contributed by atoms with Crippen molar-refractivity contribution in [3.05, 3.63) is 90.1 Å². The predicted molar refractivity (Wildman–Crippen MR) is 119 cm³/mol. The number of hydrogen-bond acceptors (Lipinski definition) is 4. The van der Waals surface area contributed by atoms with Crippen molar-refractivity contribution in [3.63, 3.8) is 0 Å². The Morgan fingerprint density at radius 1 is 1.00 bits per heavy atom. The highest BCUT2D eigenvalue weighted by Gasteiger charge is 2.13. The third-order valence-electron chi connectivity index (χ3n) is 4.77. The summed E-state index contributed by atoms with van der Waals surface area (Å²) in [4.78, 5) is 12.5. The van der Waals surface area contributed by atoms with Crippen LogP contribution in [0.2, 0.25) is 0 Å². The molecule has 4 rings (SSSR count). The molecular weight excluding hydrogens is 376 g/mol. The molecule has 6 heteroatoms. The smallest absolute Gasteiger partial charge is 0.255 e. The Morgan fingerprint density at radius 2 is 1.73 bits per heavy atom. The van der Waals surface area contributed by atoms with Gasteiger partial charge in [-0.15, -0.1) is 0 Å². The van der Waals surface area contributed by atoms with Gasteiger partial charge in [-0.2, -0.15) is 5.10 Å².